The molecular weight excluding hydrogens is 452 g/mol. The number of hydrogen-bond donors (Lipinski definition) is 2. The highest BCUT2D eigenvalue weighted by Crippen LogP contribution is 2.46. The van der Waals surface area contributed by atoms with Crippen molar-refractivity contribution in [3.63, 3.8) is 0 Å². The van der Waals surface area contributed by atoms with Crippen LogP contribution in [0.1, 0.15) is 42.4 Å². The van der Waals surface area contributed by atoms with Gasteiger partial charge in [-0.2, -0.15) is 0 Å². The average Bonchev–Trinajstić information content (AvgIpc) is 2.87. The zero-order chi connectivity index (χ0) is 22.5. The van der Waals surface area contributed by atoms with Gasteiger partial charge in [0.15, 0.2) is 0 Å². The molecule has 30 heavy (non-hydrogen) atoms. The fourth-order valence-corrected chi connectivity index (χ4v) is 5.50. The fraction of sp³-hybridized carbons (Fsp3) is 0.412. The first-order chi connectivity index (χ1) is 13.7. The minimum Gasteiger partial charge on any atom is -0.344 e. The predicted molar refractivity (Wildman–Crippen MR) is 100 cm³/mol. The molecule has 0 saturated heterocycles. The summed E-state index contributed by atoms with van der Waals surface area (Å²) in [5.41, 5.74) is -2.14. The number of anilines is 1. The molecule has 0 radical (unpaired) electrons. The van der Waals surface area contributed by atoms with Crippen molar-refractivity contribution in [2.75, 3.05) is 5.32 Å². The number of carbonyl (C=O) groups excluding carboxylic acids is 1. The van der Waals surface area contributed by atoms with Crippen molar-refractivity contribution in [2.24, 2.45) is 7.05 Å². The first kappa shape index (κ1) is 22.5. The van der Waals surface area contributed by atoms with Crippen molar-refractivity contribution in [2.45, 2.75) is 42.5 Å². The molecule has 7 nitrogen and oxygen atoms in total. The van der Waals surface area contributed by atoms with E-state index < -0.39 is 62.3 Å². The number of amides is 1. The molecule has 0 unspecified atom stereocenters. The lowest BCUT2D eigenvalue weighted by molar-refractivity contribution is -0.121. The molecule has 1 aliphatic carbocycles. The Bertz CT molecular complexity index is 1100. The Hall–Kier alpha value is -2.18. The minimum absolute atomic E-state index is 0.00862. The number of halogens is 5. The summed E-state index contributed by atoms with van der Waals surface area (Å²) in [5, 5.41) is 1.92. The van der Waals surface area contributed by atoms with E-state index >= 15 is 0 Å². The van der Waals surface area contributed by atoms with E-state index in [0.717, 1.165) is 23.0 Å². The highest BCUT2D eigenvalue weighted by Gasteiger charge is 2.55. The van der Waals surface area contributed by atoms with Gasteiger partial charge in [-0.1, -0.05) is 11.6 Å². The van der Waals surface area contributed by atoms with Crippen molar-refractivity contribution in [1.29, 1.82) is 0 Å². The molecule has 0 aromatic carbocycles. The van der Waals surface area contributed by atoms with Gasteiger partial charge in [0, 0.05) is 43.5 Å². The molecule has 0 atom stereocenters. The van der Waals surface area contributed by atoms with Gasteiger partial charge in [-0.05, 0) is 19.1 Å². The number of sulfonamides is 1. The second kappa shape index (κ2) is 7.50. The Kier molecular flexibility index (Phi) is 5.63. The normalized spacial score (nSPS) is 17.6. The van der Waals surface area contributed by atoms with E-state index in [0.29, 0.717) is 0 Å². The number of hydrogen-bond acceptors (Lipinski definition) is 4. The molecule has 1 fully saturated rings. The molecule has 3 rings (SSSR count). The van der Waals surface area contributed by atoms with Crippen molar-refractivity contribution in [3.05, 3.63) is 40.9 Å². The van der Waals surface area contributed by atoms with Gasteiger partial charge in [-0.3, -0.25) is 9.78 Å². The smallest absolute Gasteiger partial charge is 0.280 e. The Balaban J connectivity index is 1.85. The van der Waals surface area contributed by atoms with Crippen LogP contribution in [0.25, 0.3) is 0 Å². The summed E-state index contributed by atoms with van der Waals surface area (Å²) >= 11 is 6.12. The zero-order valence-corrected chi connectivity index (χ0v) is 17.3. The van der Waals surface area contributed by atoms with Gasteiger partial charge in [0.05, 0.1) is 5.02 Å². The molecule has 0 spiro atoms. The lowest BCUT2D eigenvalue weighted by Gasteiger charge is -2.44. The van der Waals surface area contributed by atoms with Gasteiger partial charge in [0.2, 0.25) is 10.0 Å². The number of alkyl halides is 4. The van der Waals surface area contributed by atoms with Crippen LogP contribution >= 0.6 is 11.6 Å². The van der Waals surface area contributed by atoms with Gasteiger partial charge >= 0.3 is 0 Å². The van der Waals surface area contributed by atoms with Crippen molar-refractivity contribution < 1.29 is 30.8 Å². The Labute approximate surface area is 174 Å². The van der Waals surface area contributed by atoms with Crippen LogP contribution in [0.15, 0.2) is 29.4 Å². The van der Waals surface area contributed by atoms with Crippen LogP contribution in [0.2, 0.25) is 5.02 Å². The monoisotopic (exact) mass is 468 g/mol. The average molecular weight is 469 g/mol. The molecule has 0 aliphatic heterocycles. The lowest BCUT2D eigenvalue weighted by Crippen LogP contribution is -2.60. The molecule has 2 aromatic heterocycles. The van der Waals surface area contributed by atoms with Gasteiger partial charge in [0.25, 0.3) is 18.3 Å². The fourth-order valence-electron chi connectivity index (χ4n) is 3.39. The largest absolute Gasteiger partial charge is 0.344 e. The number of nitrogens with one attached hydrogen (secondary N) is 2. The maximum atomic E-state index is 13.2. The second-order valence-corrected chi connectivity index (χ2v) is 9.40. The highest BCUT2D eigenvalue weighted by molar-refractivity contribution is 7.89. The van der Waals surface area contributed by atoms with E-state index in [1.807, 2.05) is 0 Å². The van der Waals surface area contributed by atoms with E-state index in [9.17, 15) is 30.8 Å². The number of pyridine rings is 1. The van der Waals surface area contributed by atoms with Crippen molar-refractivity contribution in [1.82, 2.24) is 14.3 Å². The molecule has 1 amide bonds. The molecule has 2 aromatic rings. The third-order valence-corrected chi connectivity index (χ3v) is 6.68. The van der Waals surface area contributed by atoms with Gasteiger partial charge in [-0.25, -0.2) is 30.7 Å². The summed E-state index contributed by atoms with van der Waals surface area (Å²) in [6.45, 7) is 1.34. The number of rotatable bonds is 6. The summed E-state index contributed by atoms with van der Waals surface area (Å²) in [6.07, 6.45) is -2.02. The molecule has 2 N–H and O–H groups in total. The van der Waals surface area contributed by atoms with Crippen LogP contribution in [0.4, 0.5) is 23.2 Å². The summed E-state index contributed by atoms with van der Waals surface area (Å²) in [5.74, 6) is -3.80. The van der Waals surface area contributed by atoms with Crippen LogP contribution in [-0.4, -0.2) is 35.3 Å². The van der Waals surface area contributed by atoms with E-state index in [4.69, 9.17) is 11.6 Å². The third kappa shape index (κ3) is 4.44. The van der Waals surface area contributed by atoms with E-state index in [1.165, 1.54) is 20.0 Å². The number of nitrogens with zero attached hydrogens (tertiary/aromatic N) is 2. The van der Waals surface area contributed by atoms with Crippen LogP contribution in [0, 0.1) is 0 Å². The highest BCUT2D eigenvalue weighted by atomic mass is 35.5. The van der Waals surface area contributed by atoms with Gasteiger partial charge in [-0.15, -0.1) is 0 Å². The SMILES string of the molecule is Cn1cc(S(=O)(=O)NC2(C)CC(F)(F)C2)c(Cl)c1C(=O)Nc1ccnc(C(F)F)c1. The first-order valence-electron chi connectivity index (χ1n) is 8.55. The predicted octanol–water partition coefficient (Wildman–Crippen LogP) is 3.73. The lowest BCUT2D eigenvalue weighted by atomic mass is 9.76. The molecular formula is C17H17ClF4N4O3S. The van der Waals surface area contributed by atoms with Crippen LogP contribution in [0.5, 0.6) is 0 Å². The van der Waals surface area contributed by atoms with Gasteiger partial charge < -0.3 is 9.88 Å². The Morgan fingerprint density at radius 3 is 2.53 bits per heavy atom. The molecule has 2 heterocycles. The van der Waals surface area contributed by atoms with Gasteiger partial charge in [0.1, 0.15) is 16.3 Å². The summed E-state index contributed by atoms with van der Waals surface area (Å²) in [7, 11) is -2.95. The number of aryl methyl sites for hydroxylation is 1. The Morgan fingerprint density at radius 2 is 1.97 bits per heavy atom. The van der Waals surface area contributed by atoms with Crippen molar-refractivity contribution in [3.8, 4) is 0 Å². The minimum atomic E-state index is -4.31. The maximum Gasteiger partial charge on any atom is 0.280 e. The molecule has 164 valence electrons. The maximum absolute atomic E-state index is 13.2. The second-order valence-electron chi connectivity index (χ2n) is 7.37. The van der Waals surface area contributed by atoms with Crippen LogP contribution < -0.4 is 10.0 Å². The van der Waals surface area contributed by atoms with Crippen molar-refractivity contribution >= 4 is 33.2 Å². The molecule has 13 heteroatoms. The quantitative estimate of drug-likeness (QED) is 0.632. The number of aromatic nitrogens is 2. The summed E-state index contributed by atoms with van der Waals surface area (Å²) < 4.78 is 80.6. The van der Waals surface area contributed by atoms with Crippen LogP contribution in [-0.2, 0) is 17.1 Å². The van der Waals surface area contributed by atoms with E-state index in [2.05, 4.69) is 15.0 Å². The summed E-state index contributed by atoms with van der Waals surface area (Å²) in [4.78, 5) is 15.6. The molecule has 1 aliphatic rings. The molecule has 1 saturated carbocycles. The Morgan fingerprint density at radius 1 is 1.33 bits per heavy atom. The number of carbonyl (C=O) groups is 1. The topological polar surface area (TPSA) is 93.1 Å². The summed E-state index contributed by atoms with van der Waals surface area (Å²) in [6, 6.07) is 2.24. The zero-order valence-electron chi connectivity index (χ0n) is 15.7. The van der Waals surface area contributed by atoms with Crippen LogP contribution in [0.3, 0.4) is 0 Å². The first-order valence-corrected chi connectivity index (χ1v) is 10.4. The van der Waals surface area contributed by atoms with E-state index in [-0.39, 0.29) is 11.4 Å². The standard InChI is InChI=1S/C17H17ClF4N4O3S/c1-16(7-17(21,22)8-16)25-30(28,29)11-6-26(2)13(12(11)18)15(27)24-9-3-4-23-10(5-9)14(19)20/h3-6,14,25H,7-8H2,1-2H3,(H,23,24,27). The molecule has 0 bridgehead atoms. The van der Waals surface area contributed by atoms with E-state index in [1.54, 1.807) is 0 Å². The third-order valence-electron chi connectivity index (χ3n) is 4.53.